The summed E-state index contributed by atoms with van der Waals surface area (Å²) in [4.78, 5) is 0. The fraction of sp³-hybridized carbons (Fsp3) is 1.00. The van der Waals surface area contributed by atoms with Crippen molar-refractivity contribution in [2.24, 2.45) is 17.8 Å². The second kappa shape index (κ2) is 9.05. The van der Waals surface area contributed by atoms with Crippen molar-refractivity contribution in [3.8, 4) is 0 Å². The smallest absolute Gasteiger partial charge is 0.154 e. The molecule has 0 heterocycles. The lowest BCUT2D eigenvalue weighted by molar-refractivity contribution is -0.127. The summed E-state index contributed by atoms with van der Waals surface area (Å²) < 4.78 is 6.71. The Bertz CT molecular complexity index is 223. The minimum Gasteiger partial charge on any atom is -0.380 e. The third kappa shape index (κ3) is 5.89. The van der Waals surface area contributed by atoms with Gasteiger partial charge in [-0.2, -0.15) is 0 Å². The zero-order valence-electron chi connectivity index (χ0n) is 14.8. The predicted molar refractivity (Wildman–Crippen MR) is 89.3 cm³/mol. The minimum atomic E-state index is 0.0772. The van der Waals surface area contributed by atoms with Gasteiger partial charge in [0, 0.05) is 6.00 Å². The highest BCUT2D eigenvalue weighted by Gasteiger charge is 2.39. The van der Waals surface area contributed by atoms with Gasteiger partial charge < -0.3 is 4.74 Å². The Hall–Kier alpha value is 0.0249. The first-order valence-electron chi connectivity index (χ1n) is 8.50. The molecule has 3 unspecified atom stereocenters. The van der Waals surface area contributed by atoms with Gasteiger partial charge in [-0.05, 0) is 37.0 Å². The van der Waals surface area contributed by atoms with Crippen molar-refractivity contribution in [3.63, 3.8) is 0 Å². The van der Waals surface area contributed by atoms with Crippen LogP contribution in [0, 0.1) is 17.8 Å². The topological polar surface area (TPSA) is 9.23 Å². The molecule has 0 spiro atoms. The first-order valence-corrected chi connectivity index (χ1v) is 8.50. The fourth-order valence-electron chi connectivity index (χ4n) is 3.24. The van der Waals surface area contributed by atoms with Gasteiger partial charge in [0.05, 0.1) is 5.60 Å². The average Bonchev–Trinajstić information content (AvgIpc) is 2.34. The molecule has 0 radical (unpaired) electrons. The third-order valence-electron chi connectivity index (χ3n) is 4.57. The summed E-state index contributed by atoms with van der Waals surface area (Å²) in [5.41, 5.74) is 0.0772. The van der Waals surface area contributed by atoms with Crippen LogP contribution in [-0.4, -0.2) is 18.9 Å². The van der Waals surface area contributed by atoms with Gasteiger partial charge in [-0.15, -0.1) is 0 Å². The monoisotopic (exact) mass is 268 g/mol. The van der Waals surface area contributed by atoms with E-state index < -0.39 is 0 Å². The van der Waals surface area contributed by atoms with Crippen LogP contribution in [0.15, 0.2) is 0 Å². The Morgan fingerprint density at radius 1 is 1.05 bits per heavy atom. The maximum atomic E-state index is 6.71. The molecule has 0 amide bonds. The summed E-state index contributed by atoms with van der Waals surface area (Å²) in [5.74, 6) is 2.00. The minimum absolute atomic E-state index is 0.0772. The van der Waals surface area contributed by atoms with E-state index in [1.807, 2.05) is 0 Å². The summed E-state index contributed by atoms with van der Waals surface area (Å²) in [6.07, 6.45) is 4.73. The second-order valence-corrected chi connectivity index (χ2v) is 7.00. The Kier molecular flexibility index (Phi) is 9.06. The van der Waals surface area contributed by atoms with E-state index in [1.165, 1.54) is 19.3 Å². The van der Waals surface area contributed by atoms with E-state index in [-0.39, 0.29) is 5.60 Å². The third-order valence-corrected chi connectivity index (χ3v) is 4.57. The van der Waals surface area contributed by atoms with Gasteiger partial charge in [0.15, 0.2) is 7.28 Å². The molecule has 0 aliphatic rings. The predicted octanol–water partition coefficient (Wildman–Crippen LogP) is 5.10. The van der Waals surface area contributed by atoms with Gasteiger partial charge in [-0.1, -0.05) is 61.7 Å². The molecule has 0 bridgehead atoms. The van der Waals surface area contributed by atoms with Crippen LogP contribution in [0.4, 0.5) is 0 Å². The van der Waals surface area contributed by atoms with Crippen LogP contribution >= 0.6 is 0 Å². The van der Waals surface area contributed by atoms with Crippen LogP contribution in [0.2, 0.25) is 6.82 Å². The summed E-state index contributed by atoms with van der Waals surface area (Å²) in [6.45, 7) is 18.5. The molecule has 0 aliphatic carbocycles. The Morgan fingerprint density at radius 2 is 1.63 bits per heavy atom. The van der Waals surface area contributed by atoms with Crippen molar-refractivity contribution >= 4 is 7.28 Å². The molecule has 0 aromatic rings. The van der Waals surface area contributed by atoms with Crippen LogP contribution in [0.5, 0.6) is 0 Å². The van der Waals surface area contributed by atoms with Crippen LogP contribution in [-0.2, 0) is 4.74 Å². The van der Waals surface area contributed by atoms with E-state index in [4.69, 9.17) is 4.74 Å². The molecule has 114 valence electrons. The lowest BCUT2D eigenvalue weighted by atomic mass is 9.70. The van der Waals surface area contributed by atoms with Crippen molar-refractivity contribution in [2.45, 2.75) is 92.6 Å². The van der Waals surface area contributed by atoms with Gasteiger partial charge in [0.1, 0.15) is 0 Å². The van der Waals surface area contributed by atoms with Gasteiger partial charge in [-0.3, -0.25) is 0 Å². The summed E-state index contributed by atoms with van der Waals surface area (Å²) in [6, 6.07) is 0.423. The number of hydrogen-bond donors (Lipinski definition) is 0. The van der Waals surface area contributed by atoms with Crippen molar-refractivity contribution in [3.05, 3.63) is 0 Å². The standard InChI is InChI=1S/C17H37BO/c1-9-11-17(12-13(3)4,15(7)14(5)6)19-16(10-2)18-8/h13-16,18H,9-12H2,1-8H3. The van der Waals surface area contributed by atoms with E-state index in [1.54, 1.807) is 0 Å². The lowest BCUT2D eigenvalue weighted by Crippen LogP contribution is -2.46. The number of rotatable bonds is 10. The Balaban J connectivity index is 5.22. The summed E-state index contributed by atoms with van der Waals surface area (Å²) in [5, 5.41) is 0. The molecule has 0 aromatic heterocycles. The molecular weight excluding hydrogens is 231 g/mol. The highest BCUT2D eigenvalue weighted by molar-refractivity contribution is 6.35. The van der Waals surface area contributed by atoms with Crippen molar-refractivity contribution < 1.29 is 4.74 Å². The normalized spacial score (nSPS) is 18.4. The van der Waals surface area contributed by atoms with Crippen LogP contribution < -0.4 is 0 Å². The Morgan fingerprint density at radius 3 is 1.95 bits per heavy atom. The number of ether oxygens (including phenoxy) is 1. The first-order chi connectivity index (χ1) is 8.82. The van der Waals surface area contributed by atoms with Gasteiger partial charge in [0.2, 0.25) is 0 Å². The van der Waals surface area contributed by atoms with Crippen LogP contribution in [0.25, 0.3) is 0 Å². The molecule has 0 fully saturated rings. The highest BCUT2D eigenvalue weighted by Crippen LogP contribution is 2.39. The SMILES string of the molecule is CBC(CC)OC(CCC)(CC(C)C)C(C)C(C)C. The van der Waals surface area contributed by atoms with E-state index in [2.05, 4.69) is 55.3 Å². The van der Waals surface area contributed by atoms with Crippen LogP contribution in [0.3, 0.4) is 0 Å². The molecule has 0 saturated carbocycles. The van der Waals surface area contributed by atoms with Crippen molar-refractivity contribution in [1.82, 2.24) is 0 Å². The fourth-order valence-corrected chi connectivity index (χ4v) is 3.24. The summed E-state index contributed by atoms with van der Waals surface area (Å²) >= 11 is 0. The molecule has 3 atom stereocenters. The average molecular weight is 268 g/mol. The highest BCUT2D eigenvalue weighted by atomic mass is 16.5. The van der Waals surface area contributed by atoms with Gasteiger partial charge >= 0.3 is 0 Å². The van der Waals surface area contributed by atoms with E-state index >= 15 is 0 Å². The molecule has 0 rings (SSSR count). The van der Waals surface area contributed by atoms with E-state index in [0.29, 0.717) is 23.8 Å². The molecule has 2 heteroatoms. The van der Waals surface area contributed by atoms with Gasteiger partial charge in [0.25, 0.3) is 0 Å². The number of hydrogen-bond acceptors (Lipinski definition) is 1. The van der Waals surface area contributed by atoms with Crippen molar-refractivity contribution in [1.29, 1.82) is 0 Å². The summed E-state index contributed by atoms with van der Waals surface area (Å²) in [7, 11) is 1.13. The largest absolute Gasteiger partial charge is 0.380 e. The molecular formula is C17H37BO. The molecule has 0 N–H and O–H groups in total. The molecule has 1 nitrogen and oxygen atoms in total. The maximum Gasteiger partial charge on any atom is 0.154 e. The first kappa shape index (κ1) is 19.0. The van der Waals surface area contributed by atoms with Crippen LogP contribution in [0.1, 0.15) is 74.1 Å². The Labute approximate surface area is 123 Å². The second-order valence-electron chi connectivity index (χ2n) is 7.00. The maximum absolute atomic E-state index is 6.71. The van der Waals surface area contributed by atoms with Crippen molar-refractivity contribution in [2.75, 3.05) is 0 Å². The molecule has 0 aromatic carbocycles. The molecule has 0 saturated heterocycles. The molecule has 19 heavy (non-hydrogen) atoms. The van der Waals surface area contributed by atoms with Gasteiger partial charge in [-0.25, -0.2) is 0 Å². The van der Waals surface area contributed by atoms with E-state index in [0.717, 1.165) is 13.7 Å². The quantitative estimate of drug-likeness (QED) is 0.501. The molecule has 0 aliphatic heterocycles. The zero-order valence-corrected chi connectivity index (χ0v) is 14.8. The zero-order chi connectivity index (χ0) is 15.1. The van der Waals surface area contributed by atoms with E-state index in [9.17, 15) is 0 Å². The lowest BCUT2D eigenvalue weighted by Gasteiger charge is -2.45.